The summed E-state index contributed by atoms with van der Waals surface area (Å²) in [6, 6.07) is 71.8. The average Bonchev–Trinajstić information content (AvgIpc) is 3.91. The van der Waals surface area contributed by atoms with Crippen LogP contribution in [0.5, 0.6) is 0 Å². The molecule has 0 amide bonds. The SMILES string of the molecule is c1cncc(-c2ccccc2N(c2ccc3c(c2)C2(c4ccccc4-c4ccccc42)c2ccccc2-3)c2ccccc2-c2cccc3sc4ccccc4c23)c1. The van der Waals surface area contributed by atoms with Gasteiger partial charge in [0.1, 0.15) is 0 Å². The number of para-hydroxylation sites is 2. The molecular formula is C54H34N2S. The van der Waals surface area contributed by atoms with Crippen molar-refractivity contribution in [1.82, 2.24) is 4.98 Å². The molecule has 0 unspecified atom stereocenters. The van der Waals surface area contributed by atoms with Crippen LogP contribution in [0.4, 0.5) is 17.1 Å². The van der Waals surface area contributed by atoms with Crippen molar-refractivity contribution in [2.45, 2.75) is 5.41 Å². The molecule has 12 rings (SSSR count). The number of benzene rings is 8. The van der Waals surface area contributed by atoms with E-state index in [4.69, 9.17) is 0 Å². The van der Waals surface area contributed by atoms with Crippen molar-refractivity contribution in [2.75, 3.05) is 4.90 Å². The van der Waals surface area contributed by atoms with E-state index in [1.54, 1.807) is 0 Å². The highest BCUT2D eigenvalue weighted by atomic mass is 32.1. The van der Waals surface area contributed by atoms with Crippen LogP contribution in [0.2, 0.25) is 0 Å². The molecule has 0 saturated carbocycles. The lowest BCUT2D eigenvalue weighted by Gasteiger charge is -2.33. The molecule has 8 aromatic carbocycles. The molecule has 10 aromatic rings. The van der Waals surface area contributed by atoms with Crippen LogP contribution in [-0.2, 0) is 5.41 Å². The Morgan fingerprint density at radius 2 is 0.947 bits per heavy atom. The summed E-state index contributed by atoms with van der Waals surface area (Å²) in [5, 5.41) is 2.59. The van der Waals surface area contributed by atoms with E-state index in [0.29, 0.717) is 0 Å². The van der Waals surface area contributed by atoms with Gasteiger partial charge in [0.05, 0.1) is 16.8 Å². The summed E-state index contributed by atoms with van der Waals surface area (Å²) in [7, 11) is 0. The molecule has 0 atom stereocenters. The molecule has 0 fully saturated rings. The molecule has 57 heavy (non-hydrogen) atoms. The van der Waals surface area contributed by atoms with E-state index in [1.165, 1.54) is 75.8 Å². The maximum atomic E-state index is 4.57. The Balaban J connectivity index is 1.17. The molecule has 0 saturated heterocycles. The van der Waals surface area contributed by atoms with Gasteiger partial charge >= 0.3 is 0 Å². The predicted octanol–water partition coefficient (Wildman–Crippen LogP) is 14.6. The molecule has 1 spiro atoms. The maximum absolute atomic E-state index is 4.57. The van der Waals surface area contributed by atoms with Gasteiger partial charge in [-0.2, -0.15) is 0 Å². The summed E-state index contributed by atoms with van der Waals surface area (Å²) in [6.45, 7) is 0. The van der Waals surface area contributed by atoms with Crippen molar-refractivity contribution in [2.24, 2.45) is 0 Å². The van der Waals surface area contributed by atoms with Crippen molar-refractivity contribution in [3.05, 3.63) is 229 Å². The Bertz CT molecular complexity index is 3150. The topological polar surface area (TPSA) is 16.1 Å². The molecular weight excluding hydrogens is 709 g/mol. The smallest absolute Gasteiger partial charge is 0.0726 e. The molecule has 2 heterocycles. The molecule has 0 N–H and O–H groups in total. The maximum Gasteiger partial charge on any atom is 0.0726 e. The number of hydrogen-bond acceptors (Lipinski definition) is 3. The number of pyridine rings is 1. The minimum absolute atomic E-state index is 0.454. The van der Waals surface area contributed by atoms with Gasteiger partial charge in [0, 0.05) is 54.9 Å². The third-order valence-corrected chi connectivity index (χ3v) is 13.3. The highest BCUT2D eigenvalue weighted by molar-refractivity contribution is 7.25. The Kier molecular flexibility index (Phi) is 7.05. The molecule has 3 heteroatoms. The molecule has 0 radical (unpaired) electrons. The zero-order valence-electron chi connectivity index (χ0n) is 30.9. The molecule has 2 nitrogen and oxygen atoms in total. The van der Waals surface area contributed by atoms with Crippen LogP contribution >= 0.6 is 11.3 Å². The lowest BCUT2D eigenvalue weighted by atomic mass is 9.70. The lowest BCUT2D eigenvalue weighted by molar-refractivity contribution is 0.793. The second-order valence-corrected chi connectivity index (χ2v) is 16.1. The Morgan fingerprint density at radius 3 is 1.63 bits per heavy atom. The molecule has 2 aliphatic rings. The van der Waals surface area contributed by atoms with Crippen molar-refractivity contribution in [1.29, 1.82) is 0 Å². The highest BCUT2D eigenvalue weighted by Gasteiger charge is 2.51. The van der Waals surface area contributed by atoms with E-state index < -0.39 is 5.41 Å². The van der Waals surface area contributed by atoms with Gasteiger partial charge < -0.3 is 4.90 Å². The number of nitrogens with zero attached hydrogens (tertiary/aromatic N) is 2. The third kappa shape index (κ3) is 4.55. The van der Waals surface area contributed by atoms with E-state index in [1.807, 2.05) is 29.8 Å². The van der Waals surface area contributed by atoms with E-state index in [0.717, 1.165) is 28.2 Å². The number of rotatable bonds is 5. The fourth-order valence-electron chi connectivity index (χ4n) is 9.96. The second-order valence-electron chi connectivity index (χ2n) is 15.0. The van der Waals surface area contributed by atoms with Crippen molar-refractivity contribution in [3.63, 3.8) is 0 Å². The Morgan fingerprint density at radius 1 is 0.404 bits per heavy atom. The summed E-state index contributed by atoms with van der Waals surface area (Å²) in [5.41, 5.74) is 18.0. The van der Waals surface area contributed by atoms with Gasteiger partial charge in [-0.1, -0.05) is 152 Å². The van der Waals surface area contributed by atoms with E-state index in [-0.39, 0.29) is 0 Å². The van der Waals surface area contributed by atoms with E-state index in [9.17, 15) is 0 Å². The summed E-state index contributed by atoms with van der Waals surface area (Å²) in [4.78, 5) is 7.07. The fraction of sp³-hybridized carbons (Fsp3) is 0.0185. The molecule has 2 aliphatic carbocycles. The van der Waals surface area contributed by atoms with Crippen molar-refractivity contribution in [3.8, 4) is 44.5 Å². The van der Waals surface area contributed by atoms with Gasteiger partial charge in [-0.25, -0.2) is 0 Å². The van der Waals surface area contributed by atoms with Crippen molar-refractivity contribution < 1.29 is 0 Å². The van der Waals surface area contributed by atoms with Gasteiger partial charge in [0.2, 0.25) is 0 Å². The summed E-state index contributed by atoms with van der Waals surface area (Å²) in [5.74, 6) is 0. The average molecular weight is 743 g/mol. The Labute approximate surface area is 335 Å². The monoisotopic (exact) mass is 742 g/mol. The van der Waals surface area contributed by atoms with Gasteiger partial charge in [0.15, 0.2) is 0 Å². The Hall–Kier alpha value is -7.07. The van der Waals surface area contributed by atoms with Crippen LogP contribution in [0.3, 0.4) is 0 Å². The number of hydrogen-bond donors (Lipinski definition) is 0. The minimum Gasteiger partial charge on any atom is -0.309 e. The molecule has 0 aliphatic heterocycles. The van der Waals surface area contributed by atoms with Gasteiger partial charge in [-0.15, -0.1) is 11.3 Å². The minimum atomic E-state index is -0.454. The zero-order chi connectivity index (χ0) is 37.5. The predicted molar refractivity (Wildman–Crippen MR) is 239 cm³/mol. The molecule has 266 valence electrons. The normalized spacial score (nSPS) is 13.1. The van der Waals surface area contributed by atoms with Crippen LogP contribution in [-0.4, -0.2) is 4.98 Å². The first-order valence-corrected chi connectivity index (χ1v) is 20.4. The number of fused-ring (bicyclic) bond motifs is 13. The van der Waals surface area contributed by atoms with Crippen LogP contribution < -0.4 is 4.90 Å². The second kappa shape index (κ2) is 12.5. The van der Waals surface area contributed by atoms with Gasteiger partial charge in [-0.3, -0.25) is 4.98 Å². The van der Waals surface area contributed by atoms with Gasteiger partial charge in [0.25, 0.3) is 0 Å². The first kappa shape index (κ1) is 32.2. The van der Waals surface area contributed by atoms with Crippen LogP contribution in [0.1, 0.15) is 22.3 Å². The largest absolute Gasteiger partial charge is 0.309 e. The van der Waals surface area contributed by atoms with Crippen molar-refractivity contribution >= 4 is 48.6 Å². The highest BCUT2D eigenvalue weighted by Crippen LogP contribution is 2.63. The fourth-order valence-corrected chi connectivity index (χ4v) is 11.1. The van der Waals surface area contributed by atoms with E-state index >= 15 is 0 Å². The zero-order valence-corrected chi connectivity index (χ0v) is 31.7. The van der Waals surface area contributed by atoms with Crippen LogP contribution in [0.15, 0.2) is 207 Å². The lowest BCUT2D eigenvalue weighted by Crippen LogP contribution is -2.26. The number of aromatic nitrogens is 1. The first-order valence-electron chi connectivity index (χ1n) is 19.5. The van der Waals surface area contributed by atoms with Crippen LogP contribution in [0, 0.1) is 0 Å². The molecule has 2 aromatic heterocycles. The molecule has 0 bridgehead atoms. The standard InChI is InChI=1S/C54H34N2S/c1-7-23-45-38(17-1)39-18-2-8-24-46(39)54(45)47-25-9-3-19-40(47)41-31-30-36(33-48(41)54)56(49-26-10-4-16-37(49)35-15-14-32-55-34-35)50-27-11-5-20-42(50)43-22-13-29-52-53(43)44-21-6-12-28-51(44)57-52/h1-34H. The summed E-state index contributed by atoms with van der Waals surface area (Å²) < 4.78 is 2.60. The number of thiophene rings is 1. The van der Waals surface area contributed by atoms with Gasteiger partial charge in [-0.05, 0) is 92.5 Å². The quantitative estimate of drug-likeness (QED) is 0.175. The summed E-state index contributed by atoms with van der Waals surface area (Å²) in [6.07, 6.45) is 3.82. The first-order chi connectivity index (χ1) is 28.3. The summed E-state index contributed by atoms with van der Waals surface area (Å²) >= 11 is 1.86. The van der Waals surface area contributed by atoms with Crippen LogP contribution in [0.25, 0.3) is 64.7 Å². The number of anilines is 3. The third-order valence-electron chi connectivity index (χ3n) is 12.2. The van der Waals surface area contributed by atoms with E-state index in [2.05, 4.69) is 198 Å².